The third-order valence-corrected chi connectivity index (χ3v) is 3.63. The van der Waals surface area contributed by atoms with E-state index in [-0.39, 0.29) is 0 Å². The molecule has 0 bridgehead atoms. The number of morpholine rings is 1. The first-order chi connectivity index (χ1) is 9.38. The first-order valence-corrected chi connectivity index (χ1v) is 6.85. The van der Waals surface area contributed by atoms with E-state index in [1.807, 2.05) is 0 Å². The van der Waals surface area contributed by atoms with E-state index in [0.29, 0.717) is 6.01 Å². The van der Waals surface area contributed by atoms with Crippen LogP contribution < -0.4 is 15.0 Å². The molecule has 0 unspecified atom stereocenters. The Bertz CT molecular complexity index is 447. The molecular formula is C13H20N4O2. The second-order valence-electron chi connectivity index (χ2n) is 4.81. The van der Waals surface area contributed by atoms with Crippen LogP contribution in [0.25, 0.3) is 0 Å². The molecule has 6 heteroatoms. The van der Waals surface area contributed by atoms with E-state index >= 15 is 0 Å². The molecule has 1 fully saturated rings. The number of hydrogen-bond acceptors (Lipinski definition) is 6. The van der Waals surface area contributed by atoms with Crippen molar-refractivity contribution in [2.24, 2.45) is 0 Å². The van der Waals surface area contributed by atoms with Crippen molar-refractivity contribution >= 4 is 5.82 Å². The van der Waals surface area contributed by atoms with E-state index in [0.717, 1.165) is 63.7 Å². The number of ether oxygens (including phenoxy) is 2. The Balaban J connectivity index is 1.99. The molecule has 0 saturated carbocycles. The van der Waals surface area contributed by atoms with Gasteiger partial charge < -0.3 is 19.7 Å². The quantitative estimate of drug-likeness (QED) is 0.812. The molecule has 3 rings (SSSR count). The third-order valence-electron chi connectivity index (χ3n) is 3.63. The first kappa shape index (κ1) is 12.6. The van der Waals surface area contributed by atoms with Crippen LogP contribution >= 0.6 is 0 Å². The van der Waals surface area contributed by atoms with Crippen LogP contribution in [0.5, 0.6) is 6.01 Å². The average molecular weight is 264 g/mol. The van der Waals surface area contributed by atoms with E-state index in [2.05, 4.69) is 20.2 Å². The normalized spacial score (nSPS) is 19.7. The van der Waals surface area contributed by atoms with Crippen molar-refractivity contribution in [1.29, 1.82) is 0 Å². The summed E-state index contributed by atoms with van der Waals surface area (Å²) < 4.78 is 10.7. The van der Waals surface area contributed by atoms with E-state index in [1.54, 1.807) is 7.11 Å². The number of rotatable bonds is 2. The Labute approximate surface area is 113 Å². The van der Waals surface area contributed by atoms with Gasteiger partial charge in [-0.3, -0.25) is 0 Å². The van der Waals surface area contributed by atoms with Crippen LogP contribution in [-0.4, -0.2) is 56.5 Å². The van der Waals surface area contributed by atoms with Gasteiger partial charge in [-0.2, -0.15) is 9.97 Å². The van der Waals surface area contributed by atoms with E-state index in [9.17, 15) is 0 Å². The molecule has 3 heterocycles. The number of fused-ring (bicyclic) bond motifs is 1. The maximum atomic E-state index is 5.42. The Morgan fingerprint density at radius 1 is 1.16 bits per heavy atom. The highest BCUT2D eigenvalue weighted by Crippen LogP contribution is 2.26. The van der Waals surface area contributed by atoms with Crippen molar-refractivity contribution < 1.29 is 9.47 Å². The lowest BCUT2D eigenvalue weighted by molar-refractivity contribution is 0.122. The van der Waals surface area contributed by atoms with Gasteiger partial charge in [0, 0.05) is 31.6 Å². The fourth-order valence-electron chi connectivity index (χ4n) is 2.63. The molecule has 19 heavy (non-hydrogen) atoms. The second kappa shape index (κ2) is 5.71. The minimum absolute atomic E-state index is 0.474. The molecule has 1 N–H and O–H groups in total. The highest BCUT2D eigenvalue weighted by molar-refractivity contribution is 5.51. The zero-order valence-corrected chi connectivity index (χ0v) is 11.3. The fourth-order valence-corrected chi connectivity index (χ4v) is 2.63. The standard InChI is InChI=1S/C13H20N4O2/c1-18-13-15-11-3-5-14-4-2-10(11)12(16-13)17-6-8-19-9-7-17/h14H,2-9H2,1H3. The van der Waals surface area contributed by atoms with Gasteiger partial charge in [0.15, 0.2) is 0 Å². The highest BCUT2D eigenvalue weighted by atomic mass is 16.5. The van der Waals surface area contributed by atoms with Gasteiger partial charge in [-0.1, -0.05) is 0 Å². The van der Waals surface area contributed by atoms with Crippen molar-refractivity contribution in [1.82, 2.24) is 15.3 Å². The maximum absolute atomic E-state index is 5.42. The van der Waals surface area contributed by atoms with Crippen LogP contribution in [0.1, 0.15) is 11.3 Å². The molecule has 2 aliphatic heterocycles. The van der Waals surface area contributed by atoms with Crippen molar-refractivity contribution in [2.45, 2.75) is 12.8 Å². The van der Waals surface area contributed by atoms with Crippen molar-refractivity contribution in [3.8, 4) is 6.01 Å². The molecule has 1 saturated heterocycles. The van der Waals surface area contributed by atoms with Gasteiger partial charge in [0.1, 0.15) is 5.82 Å². The Morgan fingerprint density at radius 2 is 1.95 bits per heavy atom. The zero-order valence-electron chi connectivity index (χ0n) is 11.3. The van der Waals surface area contributed by atoms with E-state index < -0.39 is 0 Å². The second-order valence-corrected chi connectivity index (χ2v) is 4.81. The highest BCUT2D eigenvalue weighted by Gasteiger charge is 2.22. The average Bonchev–Trinajstić information content (AvgIpc) is 2.72. The first-order valence-electron chi connectivity index (χ1n) is 6.85. The molecule has 6 nitrogen and oxygen atoms in total. The molecule has 0 radical (unpaired) electrons. The van der Waals surface area contributed by atoms with Crippen LogP contribution in [0.2, 0.25) is 0 Å². The Kier molecular flexibility index (Phi) is 3.79. The van der Waals surface area contributed by atoms with Gasteiger partial charge in [-0.05, 0) is 13.0 Å². The summed E-state index contributed by atoms with van der Waals surface area (Å²) in [6, 6.07) is 0.474. The van der Waals surface area contributed by atoms with E-state index in [4.69, 9.17) is 9.47 Å². The van der Waals surface area contributed by atoms with Crippen LogP contribution in [0.4, 0.5) is 5.82 Å². The maximum Gasteiger partial charge on any atom is 0.318 e. The smallest absolute Gasteiger partial charge is 0.318 e. The molecule has 2 aliphatic rings. The predicted molar refractivity (Wildman–Crippen MR) is 71.9 cm³/mol. The monoisotopic (exact) mass is 264 g/mol. The molecule has 104 valence electrons. The summed E-state index contributed by atoms with van der Waals surface area (Å²) >= 11 is 0. The third kappa shape index (κ3) is 2.64. The minimum atomic E-state index is 0.474. The predicted octanol–water partition coefficient (Wildman–Crippen LogP) is 0.0100. The summed E-state index contributed by atoms with van der Waals surface area (Å²) in [7, 11) is 1.62. The summed E-state index contributed by atoms with van der Waals surface area (Å²) in [6.07, 6.45) is 1.91. The number of anilines is 1. The number of nitrogens with zero attached hydrogens (tertiary/aromatic N) is 3. The van der Waals surface area contributed by atoms with Crippen molar-refractivity contribution in [3.05, 3.63) is 11.3 Å². The molecule has 0 aromatic carbocycles. The molecule has 0 spiro atoms. The Morgan fingerprint density at radius 3 is 2.74 bits per heavy atom. The number of methoxy groups -OCH3 is 1. The summed E-state index contributed by atoms with van der Waals surface area (Å²) in [5.74, 6) is 1.04. The molecule has 0 atom stereocenters. The summed E-state index contributed by atoms with van der Waals surface area (Å²) in [6.45, 7) is 5.26. The number of aromatic nitrogens is 2. The van der Waals surface area contributed by atoms with Gasteiger partial charge in [-0.25, -0.2) is 0 Å². The topological polar surface area (TPSA) is 59.5 Å². The lowest BCUT2D eigenvalue weighted by Gasteiger charge is -2.30. The number of nitrogens with one attached hydrogen (secondary N) is 1. The molecular weight excluding hydrogens is 244 g/mol. The minimum Gasteiger partial charge on any atom is -0.467 e. The van der Waals surface area contributed by atoms with Crippen molar-refractivity contribution in [3.63, 3.8) is 0 Å². The largest absolute Gasteiger partial charge is 0.467 e. The van der Waals surface area contributed by atoms with Gasteiger partial charge in [-0.15, -0.1) is 0 Å². The van der Waals surface area contributed by atoms with Crippen LogP contribution in [0, 0.1) is 0 Å². The van der Waals surface area contributed by atoms with E-state index in [1.165, 1.54) is 5.56 Å². The molecule has 0 amide bonds. The van der Waals surface area contributed by atoms with Gasteiger partial charge in [0.2, 0.25) is 0 Å². The molecule has 1 aromatic rings. The number of hydrogen-bond donors (Lipinski definition) is 1. The molecule has 1 aromatic heterocycles. The lowest BCUT2D eigenvalue weighted by Crippen LogP contribution is -2.37. The SMILES string of the molecule is COc1nc2c(c(N3CCOCC3)n1)CCNCC2. The summed E-state index contributed by atoms with van der Waals surface area (Å²) in [4.78, 5) is 11.4. The van der Waals surface area contributed by atoms with Gasteiger partial charge in [0.25, 0.3) is 0 Å². The zero-order chi connectivity index (χ0) is 13.1. The van der Waals surface area contributed by atoms with Crippen LogP contribution in [0.15, 0.2) is 0 Å². The van der Waals surface area contributed by atoms with Crippen molar-refractivity contribution in [2.75, 3.05) is 51.4 Å². The van der Waals surface area contributed by atoms with Gasteiger partial charge in [0.05, 0.1) is 26.0 Å². The summed E-state index contributed by atoms with van der Waals surface area (Å²) in [5, 5.41) is 3.41. The fraction of sp³-hybridized carbons (Fsp3) is 0.692. The van der Waals surface area contributed by atoms with Crippen LogP contribution in [-0.2, 0) is 17.6 Å². The Hall–Kier alpha value is -1.40. The van der Waals surface area contributed by atoms with Crippen LogP contribution in [0.3, 0.4) is 0 Å². The molecule has 0 aliphatic carbocycles. The summed E-state index contributed by atoms with van der Waals surface area (Å²) in [5.41, 5.74) is 2.39. The lowest BCUT2D eigenvalue weighted by atomic mass is 10.1. The van der Waals surface area contributed by atoms with Gasteiger partial charge >= 0.3 is 6.01 Å².